The fourth-order valence-corrected chi connectivity index (χ4v) is 4.28. The molecule has 0 aliphatic heterocycles. The molecule has 0 aliphatic carbocycles. The van der Waals surface area contributed by atoms with E-state index in [0.717, 1.165) is 34.4 Å². The molecule has 8 heteroatoms. The summed E-state index contributed by atoms with van der Waals surface area (Å²) >= 11 is 1.57. The van der Waals surface area contributed by atoms with Crippen LogP contribution in [0.4, 0.5) is 0 Å². The molecule has 0 amide bonds. The molecule has 27 heavy (non-hydrogen) atoms. The van der Waals surface area contributed by atoms with Gasteiger partial charge in [0.1, 0.15) is 5.75 Å². The first-order valence-corrected chi connectivity index (χ1v) is 11.3. The molecule has 2 aromatic carbocycles. The number of hydrogen-bond donors (Lipinski definition) is 0. The zero-order valence-electron chi connectivity index (χ0n) is 15.4. The molecular weight excluding hydrogens is 382 g/mol. The average Bonchev–Trinajstić information content (AvgIpc) is 3.08. The van der Waals surface area contributed by atoms with E-state index in [1.807, 2.05) is 47.9 Å². The summed E-state index contributed by atoms with van der Waals surface area (Å²) in [6.45, 7) is 2.78. The van der Waals surface area contributed by atoms with Crippen molar-refractivity contribution in [1.82, 2.24) is 14.8 Å². The molecule has 0 atom stereocenters. The maximum absolute atomic E-state index is 11.6. The molecular formula is C19H21N3O3S2. The first kappa shape index (κ1) is 19.4. The van der Waals surface area contributed by atoms with Crippen molar-refractivity contribution >= 4 is 21.6 Å². The van der Waals surface area contributed by atoms with Crippen molar-refractivity contribution in [3.8, 4) is 17.1 Å². The number of ether oxygens (including phenoxy) is 1. The summed E-state index contributed by atoms with van der Waals surface area (Å²) in [7, 11) is -1.54. The quantitative estimate of drug-likeness (QED) is 0.561. The second-order valence-corrected chi connectivity index (χ2v) is 8.91. The van der Waals surface area contributed by atoms with Gasteiger partial charge in [0.2, 0.25) is 0 Å². The topological polar surface area (TPSA) is 74.1 Å². The molecule has 142 valence electrons. The van der Waals surface area contributed by atoms with Crippen LogP contribution in [0.1, 0.15) is 12.5 Å². The Morgan fingerprint density at radius 2 is 1.78 bits per heavy atom. The summed E-state index contributed by atoms with van der Waals surface area (Å²) in [6.07, 6.45) is 1.21. The van der Waals surface area contributed by atoms with Crippen molar-refractivity contribution in [2.45, 2.75) is 29.3 Å². The number of sulfone groups is 1. The van der Waals surface area contributed by atoms with Crippen molar-refractivity contribution < 1.29 is 13.2 Å². The molecule has 0 aliphatic rings. The number of thioether (sulfide) groups is 1. The monoisotopic (exact) mass is 403 g/mol. The molecule has 6 nitrogen and oxygen atoms in total. The highest BCUT2D eigenvalue weighted by Crippen LogP contribution is 2.31. The highest BCUT2D eigenvalue weighted by molar-refractivity contribution is 7.98. The van der Waals surface area contributed by atoms with E-state index in [2.05, 4.69) is 10.2 Å². The maximum Gasteiger partial charge on any atom is 0.191 e. The Hall–Kier alpha value is -2.32. The highest BCUT2D eigenvalue weighted by atomic mass is 32.2. The lowest BCUT2D eigenvalue weighted by Gasteiger charge is -2.10. The molecule has 0 bridgehead atoms. The minimum absolute atomic E-state index is 0.325. The Morgan fingerprint density at radius 1 is 1.07 bits per heavy atom. The van der Waals surface area contributed by atoms with Gasteiger partial charge >= 0.3 is 0 Å². The highest BCUT2D eigenvalue weighted by Gasteiger charge is 2.16. The van der Waals surface area contributed by atoms with Crippen LogP contribution in [-0.4, -0.2) is 36.5 Å². The second-order valence-electron chi connectivity index (χ2n) is 5.96. The van der Waals surface area contributed by atoms with Crippen molar-refractivity contribution in [2.24, 2.45) is 0 Å². The van der Waals surface area contributed by atoms with Gasteiger partial charge in [0, 0.05) is 18.6 Å². The van der Waals surface area contributed by atoms with Crippen molar-refractivity contribution in [1.29, 1.82) is 0 Å². The van der Waals surface area contributed by atoms with Gasteiger partial charge in [-0.1, -0.05) is 36.0 Å². The van der Waals surface area contributed by atoms with Crippen LogP contribution in [0.5, 0.6) is 5.75 Å². The predicted molar refractivity (Wildman–Crippen MR) is 107 cm³/mol. The van der Waals surface area contributed by atoms with Gasteiger partial charge in [-0.3, -0.25) is 0 Å². The van der Waals surface area contributed by atoms with E-state index in [0.29, 0.717) is 10.6 Å². The zero-order chi connectivity index (χ0) is 19.4. The molecule has 0 saturated heterocycles. The third-order valence-electron chi connectivity index (χ3n) is 4.10. The first-order valence-electron chi connectivity index (χ1n) is 8.42. The standard InChI is InChI=1S/C19H21N3O3S2/c1-4-22-18(16-7-5-6-8-17(16)25-2)20-21-19(22)26-13-14-9-11-15(12-10-14)27(3,23)24/h5-12H,4,13H2,1-3H3. The van der Waals surface area contributed by atoms with E-state index in [4.69, 9.17) is 4.74 Å². The number of rotatable bonds is 7. The van der Waals surface area contributed by atoms with Crippen LogP contribution in [0.15, 0.2) is 58.6 Å². The number of hydrogen-bond acceptors (Lipinski definition) is 6. The van der Waals surface area contributed by atoms with E-state index in [9.17, 15) is 8.42 Å². The molecule has 0 radical (unpaired) electrons. The van der Waals surface area contributed by atoms with Gasteiger partial charge in [-0.2, -0.15) is 0 Å². The van der Waals surface area contributed by atoms with Gasteiger partial charge < -0.3 is 9.30 Å². The third kappa shape index (κ3) is 4.33. The van der Waals surface area contributed by atoms with Gasteiger partial charge in [0.15, 0.2) is 20.8 Å². The third-order valence-corrected chi connectivity index (χ3v) is 6.27. The minimum atomic E-state index is -3.18. The van der Waals surface area contributed by atoms with E-state index in [-0.39, 0.29) is 0 Å². The largest absolute Gasteiger partial charge is 0.496 e. The van der Waals surface area contributed by atoms with E-state index in [1.54, 1.807) is 31.0 Å². The van der Waals surface area contributed by atoms with Gasteiger partial charge in [-0.15, -0.1) is 10.2 Å². The summed E-state index contributed by atoms with van der Waals surface area (Å²) in [5.41, 5.74) is 1.93. The van der Waals surface area contributed by atoms with Crippen LogP contribution in [0, 0.1) is 0 Å². The van der Waals surface area contributed by atoms with E-state index >= 15 is 0 Å². The predicted octanol–water partition coefficient (Wildman–Crippen LogP) is 3.67. The molecule has 0 saturated carbocycles. The number of methoxy groups -OCH3 is 1. The van der Waals surface area contributed by atoms with Crippen LogP contribution in [0.3, 0.4) is 0 Å². The fraction of sp³-hybridized carbons (Fsp3) is 0.263. The van der Waals surface area contributed by atoms with Crippen LogP contribution in [0.2, 0.25) is 0 Å². The lowest BCUT2D eigenvalue weighted by molar-refractivity contribution is 0.416. The van der Waals surface area contributed by atoms with E-state index in [1.165, 1.54) is 6.26 Å². The summed E-state index contributed by atoms with van der Waals surface area (Å²) in [5.74, 6) is 2.20. The molecule has 0 fully saturated rings. The Labute approximate surface area is 163 Å². The smallest absolute Gasteiger partial charge is 0.191 e. The average molecular weight is 404 g/mol. The molecule has 3 aromatic rings. The Bertz CT molecular complexity index is 1030. The number of benzene rings is 2. The number of nitrogens with zero attached hydrogens (tertiary/aromatic N) is 3. The summed E-state index contributed by atoms with van der Waals surface area (Å²) in [6, 6.07) is 14.7. The Balaban J connectivity index is 1.81. The van der Waals surface area contributed by atoms with Crippen LogP contribution >= 0.6 is 11.8 Å². The second kappa shape index (κ2) is 8.14. The van der Waals surface area contributed by atoms with Crippen molar-refractivity contribution in [2.75, 3.05) is 13.4 Å². The molecule has 1 aromatic heterocycles. The summed E-state index contributed by atoms with van der Waals surface area (Å²) in [5, 5.41) is 9.50. The fourth-order valence-electron chi connectivity index (χ4n) is 2.69. The Morgan fingerprint density at radius 3 is 2.41 bits per heavy atom. The maximum atomic E-state index is 11.6. The molecule has 1 heterocycles. The lowest BCUT2D eigenvalue weighted by atomic mass is 10.2. The molecule has 3 rings (SSSR count). The van der Waals surface area contributed by atoms with Gasteiger partial charge in [-0.05, 0) is 36.8 Å². The zero-order valence-corrected chi connectivity index (χ0v) is 17.0. The minimum Gasteiger partial charge on any atom is -0.496 e. The normalized spacial score (nSPS) is 11.5. The number of para-hydroxylation sites is 1. The summed E-state index contributed by atoms with van der Waals surface area (Å²) in [4.78, 5) is 0.325. The van der Waals surface area contributed by atoms with Gasteiger partial charge in [0.25, 0.3) is 0 Å². The van der Waals surface area contributed by atoms with Crippen molar-refractivity contribution in [3.05, 3.63) is 54.1 Å². The lowest BCUT2D eigenvalue weighted by Crippen LogP contribution is -2.01. The van der Waals surface area contributed by atoms with E-state index < -0.39 is 9.84 Å². The first-order chi connectivity index (χ1) is 12.9. The molecule has 0 unspecified atom stereocenters. The number of aromatic nitrogens is 3. The van der Waals surface area contributed by atoms with Gasteiger partial charge in [-0.25, -0.2) is 8.42 Å². The summed E-state index contributed by atoms with van der Waals surface area (Å²) < 4.78 is 30.6. The van der Waals surface area contributed by atoms with Gasteiger partial charge in [0.05, 0.1) is 17.6 Å². The Kier molecular flexibility index (Phi) is 5.86. The van der Waals surface area contributed by atoms with Crippen LogP contribution < -0.4 is 4.74 Å². The SMILES string of the molecule is CCn1c(SCc2ccc(S(C)(=O)=O)cc2)nnc1-c1ccccc1OC. The molecule has 0 spiro atoms. The van der Waals surface area contributed by atoms with Crippen LogP contribution in [0.25, 0.3) is 11.4 Å². The van der Waals surface area contributed by atoms with Crippen molar-refractivity contribution in [3.63, 3.8) is 0 Å². The molecule has 0 N–H and O–H groups in total. The van der Waals surface area contributed by atoms with Crippen LogP contribution in [-0.2, 0) is 22.1 Å².